The van der Waals surface area contributed by atoms with Gasteiger partial charge in [-0.25, -0.2) is 0 Å². The van der Waals surface area contributed by atoms with E-state index in [-0.39, 0.29) is 17.9 Å². The molecule has 1 aliphatic carbocycles. The average Bonchev–Trinajstić information content (AvgIpc) is 2.92. The standard InChI is InChI=1S/C18H25N3O/c1-12-4-2-7-16-17(12)14(11-21-16)8-9-20-18(22)13-5-3-6-15(19)10-13/h2,4,7,11,13,15,21H,3,5-6,8-10,19H2,1H3,(H,20,22). The zero-order valence-electron chi connectivity index (χ0n) is 13.2. The minimum atomic E-state index is 0.105. The Labute approximate surface area is 131 Å². The first-order valence-corrected chi connectivity index (χ1v) is 8.24. The van der Waals surface area contributed by atoms with Gasteiger partial charge in [-0.15, -0.1) is 0 Å². The highest BCUT2D eigenvalue weighted by molar-refractivity contribution is 5.86. The van der Waals surface area contributed by atoms with Gasteiger partial charge in [-0.05, 0) is 49.8 Å². The third-order valence-corrected chi connectivity index (χ3v) is 4.77. The van der Waals surface area contributed by atoms with E-state index in [4.69, 9.17) is 5.73 Å². The Morgan fingerprint density at radius 1 is 1.41 bits per heavy atom. The van der Waals surface area contributed by atoms with Crippen LogP contribution in [0, 0.1) is 12.8 Å². The second-order valence-corrected chi connectivity index (χ2v) is 6.48. The Kier molecular flexibility index (Phi) is 4.48. The molecule has 4 nitrogen and oxygen atoms in total. The van der Waals surface area contributed by atoms with Crippen molar-refractivity contribution in [2.24, 2.45) is 11.7 Å². The number of aryl methyl sites for hydroxylation is 1. The van der Waals surface area contributed by atoms with Crippen molar-refractivity contribution in [3.8, 4) is 0 Å². The summed E-state index contributed by atoms with van der Waals surface area (Å²) in [5.74, 6) is 0.278. The number of H-pyrrole nitrogens is 1. The quantitative estimate of drug-likeness (QED) is 0.812. The summed E-state index contributed by atoms with van der Waals surface area (Å²) in [6.07, 6.45) is 6.85. The predicted molar refractivity (Wildman–Crippen MR) is 89.7 cm³/mol. The van der Waals surface area contributed by atoms with Gasteiger partial charge in [0.1, 0.15) is 0 Å². The number of aromatic nitrogens is 1. The molecule has 2 aromatic rings. The third kappa shape index (κ3) is 3.17. The van der Waals surface area contributed by atoms with E-state index in [9.17, 15) is 4.79 Å². The number of fused-ring (bicyclic) bond motifs is 1. The average molecular weight is 299 g/mol. The largest absolute Gasteiger partial charge is 0.361 e. The maximum atomic E-state index is 12.2. The van der Waals surface area contributed by atoms with Crippen molar-refractivity contribution in [3.05, 3.63) is 35.5 Å². The zero-order valence-corrected chi connectivity index (χ0v) is 13.2. The Morgan fingerprint density at radius 3 is 3.09 bits per heavy atom. The summed E-state index contributed by atoms with van der Waals surface area (Å²) < 4.78 is 0. The van der Waals surface area contributed by atoms with Gasteiger partial charge in [0.05, 0.1) is 0 Å². The van der Waals surface area contributed by atoms with Crippen LogP contribution in [0.4, 0.5) is 0 Å². The molecule has 2 atom stereocenters. The number of carbonyl (C=O) groups excluding carboxylic acids is 1. The number of nitrogens with two attached hydrogens (primary N) is 1. The number of rotatable bonds is 4. The summed E-state index contributed by atoms with van der Waals surface area (Å²) >= 11 is 0. The summed E-state index contributed by atoms with van der Waals surface area (Å²) in [5, 5.41) is 4.38. The second-order valence-electron chi connectivity index (χ2n) is 6.48. The van der Waals surface area contributed by atoms with Gasteiger partial charge >= 0.3 is 0 Å². The van der Waals surface area contributed by atoms with Crippen LogP contribution in [-0.4, -0.2) is 23.5 Å². The molecule has 2 unspecified atom stereocenters. The molecule has 1 heterocycles. The molecule has 1 aliphatic rings. The topological polar surface area (TPSA) is 70.9 Å². The minimum absolute atomic E-state index is 0.105. The molecule has 4 heteroatoms. The number of aromatic amines is 1. The molecular formula is C18H25N3O. The normalized spacial score (nSPS) is 21.9. The van der Waals surface area contributed by atoms with Crippen molar-refractivity contribution in [2.75, 3.05) is 6.54 Å². The first-order chi connectivity index (χ1) is 10.6. The molecule has 118 valence electrons. The fourth-order valence-corrected chi connectivity index (χ4v) is 3.58. The Hall–Kier alpha value is -1.81. The van der Waals surface area contributed by atoms with Gasteiger partial charge in [0.25, 0.3) is 0 Å². The third-order valence-electron chi connectivity index (χ3n) is 4.77. The summed E-state index contributed by atoms with van der Waals surface area (Å²) in [6.45, 7) is 2.81. The molecule has 1 saturated carbocycles. The number of carbonyl (C=O) groups is 1. The minimum Gasteiger partial charge on any atom is -0.361 e. The van der Waals surface area contributed by atoms with Crippen LogP contribution in [-0.2, 0) is 11.2 Å². The maximum Gasteiger partial charge on any atom is 0.223 e. The number of hydrogen-bond acceptors (Lipinski definition) is 2. The molecule has 0 radical (unpaired) electrons. The molecule has 4 N–H and O–H groups in total. The van der Waals surface area contributed by atoms with Crippen LogP contribution in [0.2, 0.25) is 0 Å². The molecule has 1 amide bonds. The van der Waals surface area contributed by atoms with Crippen molar-refractivity contribution in [1.29, 1.82) is 0 Å². The maximum absolute atomic E-state index is 12.2. The fourth-order valence-electron chi connectivity index (χ4n) is 3.58. The molecule has 0 spiro atoms. The number of amides is 1. The van der Waals surface area contributed by atoms with E-state index >= 15 is 0 Å². The summed E-state index contributed by atoms with van der Waals surface area (Å²) in [5.41, 5.74) is 9.68. The fraction of sp³-hybridized carbons (Fsp3) is 0.500. The lowest BCUT2D eigenvalue weighted by Gasteiger charge is -2.25. The van der Waals surface area contributed by atoms with Crippen molar-refractivity contribution >= 4 is 16.8 Å². The van der Waals surface area contributed by atoms with Gasteiger partial charge in [-0.2, -0.15) is 0 Å². The molecule has 3 rings (SSSR count). The molecular weight excluding hydrogens is 274 g/mol. The van der Waals surface area contributed by atoms with E-state index in [1.54, 1.807) is 0 Å². The van der Waals surface area contributed by atoms with Crippen molar-refractivity contribution in [3.63, 3.8) is 0 Å². The highest BCUT2D eigenvalue weighted by Gasteiger charge is 2.24. The SMILES string of the molecule is Cc1cccc2[nH]cc(CCNC(=O)C3CCCC(N)C3)c12. The van der Waals surface area contributed by atoms with E-state index in [0.29, 0.717) is 6.54 Å². The smallest absolute Gasteiger partial charge is 0.223 e. The van der Waals surface area contributed by atoms with Crippen LogP contribution >= 0.6 is 0 Å². The lowest BCUT2D eigenvalue weighted by molar-refractivity contribution is -0.126. The molecule has 22 heavy (non-hydrogen) atoms. The molecule has 0 bridgehead atoms. The molecule has 0 saturated heterocycles. The lowest BCUT2D eigenvalue weighted by atomic mass is 9.85. The molecule has 1 fully saturated rings. The molecule has 1 aromatic heterocycles. The monoisotopic (exact) mass is 299 g/mol. The van der Waals surface area contributed by atoms with Crippen LogP contribution in [0.25, 0.3) is 10.9 Å². The first-order valence-electron chi connectivity index (χ1n) is 8.24. The summed E-state index contributed by atoms with van der Waals surface area (Å²) in [7, 11) is 0. The van der Waals surface area contributed by atoms with Gasteiger partial charge in [-0.3, -0.25) is 4.79 Å². The number of nitrogens with one attached hydrogen (secondary N) is 2. The molecule has 1 aromatic carbocycles. The zero-order chi connectivity index (χ0) is 15.5. The van der Waals surface area contributed by atoms with Gasteiger partial charge in [0, 0.05) is 35.6 Å². The van der Waals surface area contributed by atoms with E-state index in [1.807, 2.05) is 0 Å². The van der Waals surface area contributed by atoms with Crippen LogP contribution in [0.15, 0.2) is 24.4 Å². The van der Waals surface area contributed by atoms with E-state index in [2.05, 4.69) is 41.6 Å². The van der Waals surface area contributed by atoms with E-state index in [1.165, 1.54) is 22.0 Å². The van der Waals surface area contributed by atoms with Crippen molar-refractivity contribution in [1.82, 2.24) is 10.3 Å². The van der Waals surface area contributed by atoms with Gasteiger partial charge in [0.15, 0.2) is 0 Å². The first kappa shape index (κ1) is 15.1. The Bertz CT molecular complexity index is 661. The van der Waals surface area contributed by atoms with Gasteiger partial charge < -0.3 is 16.0 Å². The van der Waals surface area contributed by atoms with Crippen LogP contribution in [0.3, 0.4) is 0 Å². The molecule has 0 aliphatic heterocycles. The van der Waals surface area contributed by atoms with Crippen LogP contribution < -0.4 is 11.1 Å². The van der Waals surface area contributed by atoms with Crippen molar-refractivity contribution in [2.45, 2.75) is 45.1 Å². The predicted octanol–water partition coefficient (Wildman–Crippen LogP) is 2.65. The Balaban J connectivity index is 1.57. The second kappa shape index (κ2) is 6.53. The number of hydrogen-bond donors (Lipinski definition) is 3. The van der Waals surface area contributed by atoms with Crippen LogP contribution in [0.5, 0.6) is 0 Å². The van der Waals surface area contributed by atoms with E-state index < -0.39 is 0 Å². The number of benzene rings is 1. The summed E-state index contributed by atoms with van der Waals surface area (Å²) in [4.78, 5) is 15.5. The van der Waals surface area contributed by atoms with Crippen molar-refractivity contribution < 1.29 is 4.79 Å². The van der Waals surface area contributed by atoms with Crippen LogP contribution in [0.1, 0.15) is 36.8 Å². The van der Waals surface area contributed by atoms with Gasteiger partial charge in [0.2, 0.25) is 5.91 Å². The van der Waals surface area contributed by atoms with E-state index in [0.717, 1.165) is 32.1 Å². The summed E-state index contributed by atoms with van der Waals surface area (Å²) in [6, 6.07) is 6.47. The van der Waals surface area contributed by atoms with Gasteiger partial charge in [-0.1, -0.05) is 18.6 Å². The highest BCUT2D eigenvalue weighted by atomic mass is 16.1. The highest BCUT2D eigenvalue weighted by Crippen LogP contribution is 2.24. The Morgan fingerprint density at radius 2 is 2.27 bits per heavy atom. The lowest BCUT2D eigenvalue weighted by Crippen LogP contribution is -2.38.